The van der Waals surface area contributed by atoms with E-state index in [1.165, 1.54) is 13.0 Å². The smallest absolute Gasteiger partial charge is 0.160 e. The van der Waals surface area contributed by atoms with Crippen molar-refractivity contribution in [3.05, 3.63) is 17.4 Å². The van der Waals surface area contributed by atoms with Gasteiger partial charge in [0.15, 0.2) is 5.78 Å². The zero-order valence-corrected chi connectivity index (χ0v) is 11.0. The molecule has 0 saturated carbocycles. The molecule has 0 fully saturated rings. The molecule has 0 N–H and O–H groups in total. The van der Waals surface area contributed by atoms with Crippen molar-refractivity contribution in [3.63, 3.8) is 0 Å². The first-order chi connectivity index (χ1) is 7.25. The Balaban J connectivity index is 4.47. The average Bonchev–Trinajstić information content (AvgIpc) is 2.12. The Morgan fingerprint density at radius 1 is 1.19 bits per heavy atom. The summed E-state index contributed by atoms with van der Waals surface area (Å²) in [6, 6.07) is 0. The highest BCUT2D eigenvalue weighted by Gasteiger charge is 2.19. The van der Waals surface area contributed by atoms with E-state index in [-0.39, 0.29) is 17.0 Å². The fourth-order valence-electron chi connectivity index (χ4n) is 1.37. The molecule has 0 aliphatic carbocycles. The van der Waals surface area contributed by atoms with Gasteiger partial charge in [-0.25, -0.2) is 0 Å². The Morgan fingerprint density at radius 2 is 1.75 bits per heavy atom. The topological polar surface area (TPSA) is 34.1 Å². The number of carbonyl (C=O) groups excluding carboxylic acids is 2. The number of ketones is 2. The molecule has 0 bridgehead atoms. The second-order valence-electron chi connectivity index (χ2n) is 4.96. The van der Waals surface area contributed by atoms with Crippen LogP contribution in [0.2, 0.25) is 0 Å². The van der Waals surface area contributed by atoms with Crippen molar-refractivity contribution >= 4 is 11.6 Å². The average molecular weight is 222 g/mol. The Kier molecular flexibility index (Phi) is 5.98. The lowest BCUT2D eigenvalue weighted by Gasteiger charge is -2.24. The predicted octanol–water partition coefficient (Wildman–Crippen LogP) is 3.46. The van der Waals surface area contributed by atoms with E-state index in [0.29, 0.717) is 6.42 Å². The summed E-state index contributed by atoms with van der Waals surface area (Å²) in [5.74, 6) is 0.246. The van der Waals surface area contributed by atoms with Gasteiger partial charge in [-0.15, -0.1) is 5.73 Å². The Bertz CT molecular complexity index is 329. The van der Waals surface area contributed by atoms with Gasteiger partial charge in [0.2, 0.25) is 0 Å². The van der Waals surface area contributed by atoms with Crippen LogP contribution in [0.3, 0.4) is 0 Å². The molecule has 16 heavy (non-hydrogen) atoms. The first-order valence-electron chi connectivity index (χ1n) is 5.69. The fourth-order valence-corrected chi connectivity index (χ4v) is 1.37. The highest BCUT2D eigenvalue weighted by molar-refractivity contribution is 5.87. The zero-order chi connectivity index (χ0) is 12.8. The van der Waals surface area contributed by atoms with Crippen molar-refractivity contribution in [1.82, 2.24) is 0 Å². The number of hydrogen-bond acceptors (Lipinski definition) is 2. The lowest BCUT2D eigenvalue weighted by atomic mass is 9.80. The quantitative estimate of drug-likeness (QED) is 0.509. The van der Waals surface area contributed by atoms with Gasteiger partial charge >= 0.3 is 0 Å². The molecular formula is C14H22O2. The van der Waals surface area contributed by atoms with E-state index >= 15 is 0 Å². The minimum Gasteiger partial charge on any atom is -0.300 e. The third-order valence-corrected chi connectivity index (χ3v) is 2.84. The SMILES string of the molecule is CC(=O)C=C=C(C)C(C)(C)CCCC(C)=O. The van der Waals surface area contributed by atoms with Crippen LogP contribution in [-0.4, -0.2) is 11.6 Å². The van der Waals surface area contributed by atoms with Crippen LogP contribution < -0.4 is 0 Å². The molecule has 2 nitrogen and oxygen atoms in total. The monoisotopic (exact) mass is 222 g/mol. The largest absolute Gasteiger partial charge is 0.300 e. The van der Waals surface area contributed by atoms with Crippen molar-refractivity contribution in [2.45, 2.75) is 53.9 Å². The van der Waals surface area contributed by atoms with Crippen LogP contribution in [0.4, 0.5) is 0 Å². The van der Waals surface area contributed by atoms with E-state index in [9.17, 15) is 9.59 Å². The summed E-state index contributed by atoms with van der Waals surface area (Å²) >= 11 is 0. The molecule has 0 unspecified atom stereocenters. The number of carbonyl (C=O) groups is 2. The van der Waals surface area contributed by atoms with Crippen molar-refractivity contribution in [2.24, 2.45) is 5.41 Å². The van der Waals surface area contributed by atoms with Gasteiger partial charge in [0.1, 0.15) is 5.78 Å². The molecule has 0 aliphatic rings. The maximum absolute atomic E-state index is 10.8. The Labute approximate surface area is 98.4 Å². The van der Waals surface area contributed by atoms with Gasteiger partial charge in [-0.1, -0.05) is 13.8 Å². The Morgan fingerprint density at radius 3 is 2.19 bits per heavy atom. The Hall–Kier alpha value is -1.14. The van der Waals surface area contributed by atoms with E-state index in [1.54, 1.807) is 6.92 Å². The molecule has 0 aliphatic heterocycles. The van der Waals surface area contributed by atoms with Crippen LogP contribution in [0, 0.1) is 5.41 Å². The van der Waals surface area contributed by atoms with E-state index in [0.717, 1.165) is 18.4 Å². The van der Waals surface area contributed by atoms with Crippen molar-refractivity contribution in [2.75, 3.05) is 0 Å². The van der Waals surface area contributed by atoms with E-state index in [2.05, 4.69) is 19.6 Å². The van der Waals surface area contributed by atoms with Gasteiger partial charge in [-0.3, -0.25) is 4.79 Å². The number of hydrogen-bond donors (Lipinski definition) is 0. The van der Waals surface area contributed by atoms with Crippen LogP contribution in [0.1, 0.15) is 53.9 Å². The summed E-state index contributed by atoms with van der Waals surface area (Å²) in [6.45, 7) is 9.34. The molecular weight excluding hydrogens is 200 g/mol. The van der Waals surface area contributed by atoms with Gasteiger partial charge in [0.25, 0.3) is 0 Å². The van der Waals surface area contributed by atoms with Crippen LogP contribution in [0.5, 0.6) is 0 Å². The summed E-state index contributed by atoms with van der Waals surface area (Å²) < 4.78 is 0. The van der Waals surface area contributed by atoms with Crippen LogP contribution in [0.25, 0.3) is 0 Å². The molecule has 0 heterocycles. The molecule has 0 atom stereocenters. The van der Waals surface area contributed by atoms with Crippen LogP contribution >= 0.6 is 0 Å². The van der Waals surface area contributed by atoms with Crippen molar-refractivity contribution in [1.29, 1.82) is 0 Å². The van der Waals surface area contributed by atoms with Gasteiger partial charge in [-0.2, -0.15) is 0 Å². The number of Topliss-reactive ketones (excluding diaryl/α,β-unsaturated/α-hetero) is 1. The molecule has 0 saturated heterocycles. The highest BCUT2D eigenvalue weighted by Crippen LogP contribution is 2.31. The maximum atomic E-state index is 10.8. The van der Waals surface area contributed by atoms with Gasteiger partial charge < -0.3 is 4.79 Å². The number of rotatable bonds is 6. The lowest BCUT2D eigenvalue weighted by molar-refractivity contribution is -0.117. The van der Waals surface area contributed by atoms with E-state index in [4.69, 9.17) is 0 Å². The summed E-state index contributed by atoms with van der Waals surface area (Å²) in [4.78, 5) is 21.6. The third-order valence-electron chi connectivity index (χ3n) is 2.84. The standard InChI is InChI=1S/C14H22O2/c1-11(8-9-13(3)16)14(4,5)10-6-7-12(2)15/h9H,6-7,10H2,1-5H3. The molecule has 0 radical (unpaired) electrons. The molecule has 0 rings (SSSR count). The summed E-state index contributed by atoms with van der Waals surface area (Å²) in [6.07, 6.45) is 3.94. The zero-order valence-electron chi connectivity index (χ0n) is 11.0. The van der Waals surface area contributed by atoms with Gasteiger partial charge in [0.05, 0.1) is 0 Å². The molecule has 2 heteroatoms. The second kappa shape index (κ2) is 6.44. The normalized spacial score (nSPS) is 10.6. The summed E-state index contributed by atoms with van der Waals surface area (Å²) in [5.41, 5.74) is 4.08. The molecule has 0 spiro atoms. The first kappa shape index (κ1) is 14.9. The fraction of sp³-hybridized carbons (Fsp3) is 0.643. The van der Waals surface area contributed by atoms with E-state index in [1.807, 2.05) is 6.92 Å². The van der Waals surface area contributed by atoms with Crippen LogP contribution in [-0.2, 0) is 9.59 Å². The molecule has 0 aromatic carbocycles. The molecule has 0 amide bonds. The van der Waals surface area contributed by atoms with Crippen molar-refractivity contribution < 1.29 is 9.59 Å². The van der Waals surface area contributed by atoms with Crippen molar-refractivity contribution in [3.8, 4) is 0 Å². The molecule has 0 aromatic heterocycles. The first-order valence-corrected chi connectivity index (χ1v) is 5.69. The second-order valence-corrected chi connectivity index (χ2v) is 4.96. The van der Waals surface area contributed by atoms with Gasteiger partial charge in [0, 0.05) is 12.5 Å². The van der Waals surface area contributed by atoms with Crippen LogP contribution in [0.15, 0.2) is 17.4 Å². The summed E-state index contributed by atoms with van der Waals surface area (Å²) in [7, 11) is 0. The predicted molar refractivity (Wildman–Crippen MR) is 66.3 cm³/mol. The van der Waals surface area contributed by atoms with E-state index < -0.39 is 0 Å². The minimum atomic E-state index is 0.00139. The lowest BCUT2D eigenvalue weighted by Crippen LogP contribution is -2.13. The minimum absolute atomic E-state index is 0.00139. The number of allylic oxidation sites excluding steroid dienone is 1. The third kappa shape index (κ3) is 6.36. The molecule has 90 valence electrons. The maximum Gasteiger partial charge on any atom is 0.160 e. The highest BCUT2D eigenvalue weighted by atomic mass is 16.1. The summed E-state index contributed by atoms with van der Waals surface area (Å²) in [5, 5.41) is 0. The van der Waals surface area contributed by atoms with Gasteiger partial charge in [-0.05, 0) is 44.6 Å². The molecule has 0 aromatic rings.